The van der Waals surface area contributed by atoms with Crippen LogP contribution in [0.3, 0.4) is 0 Å². The van der Waals surface area contributed by atoms with E-state index in [0.29, 0.717) is 0 Å². The van der Waals surface area contributed by atoms with Gasteiger partial charge in [-0.15, -0.1) is 0 Å². The third-order valence-electron chi connectivity index (χ3n) is 5.40. The van der Waals surface area contributed by atoms with Gasteiger partial charge >= 0.3 is 6.03 Å². The zero-order chi connectivity index (χ0) is 16.3. The highest BCUT2D eigenvalue weighted by molar-refractivity contribution is 7.22. The highest BCUT2D eigenvalue weighted by Gasteiger charge is 2.44. The van der Waals surface area contributed by atoms with E-state index in [2.05, 4.69) is 23.2 Å². The number of benzene rings is 1. The van der Waals surface area contributed by atoms with Gasteiger partial charge in [0.2, 0.25) is 0 Å². The summed E-state index contributed by atoms with van der Waals surface area (Å²) in [6.45, 7) is 5.89. The Balaban J connectivity index is 1.55. The minimum Gasteiger partial charge on any atom is -0.493 e. The van der Waals surface area contributed by atoms with Crippen molar-refractivity contribution in [3.63, 3.8) is 0 Å². The van der Waals surface area contributed by atoms with Crippen molar-refractivity contribution in [2.75, 3.05) is 31.1 Å². The molecule has 1 N–H and O–H groups in total. The van der Waals surface area contributed by atoms with E-state index in [9.17, 15) is 4.79 Å². The van der Waals surface area contributed by atoms with Gasteiger partial charge in [-0.05, 0) is 25.1 Å². The van der Waals surface area contributed by atoms with E-state index < -0.39 is 0 Å². The molecule has 2 fully saturated rings. The summed E-state index contributed by atoms with van der Waals surface area (Å²) in [5.41, 5.74) is 2.19. The molecular weight excluding hydrogens is 324 g/mol. The van der Waals surface area contributed by atoms with Crippen molar-refractivity contribution in [1.82, 2.24) is 15.2 Å². The van der Waals surface area contributed by atoms with Crippen LogP contribution in [0.1, 0.15) is 18.9 Å². The monoisotopic (exact) mass is 344 g/mol. The Hall–Kier alpha value is -1.86. The highest BCUT2D eigenvalue weighted by atomic mass is 32.1. The smallest absolute Gasteiger partial charge is 0.324 e. The Kier molecular flexibility index (Phi) is 3.21. The topological polar surface area (TPSA) is 57.7 Å². The van der Waals surface area contributed by atoms with Gasteiger partial charge in [0.1, 0.15) is 5.75 Å². The number of fused-ring (bicyclic) bond motifs is 4. The number of amides is 2. The predicted octanol–water partition coefficient (Wildman–Crippen LogP) is 2.22. The molecule has 2 saturated heterocycles. The summed E-state index contributed by atoms with van der Waals surface area (Å²) in [4.78, 5) is 21.7. The van der Waals surface area contributed by atoms with Gasteiger partial charge in [-0.3, -0.25) is 4.90 Å². The van der Waals surface area contributed by atoms with Crippen LogP contribution in [0.25, 0.3) is 10.2 Å². The van der Waals surface area contributed by atoms with Gasteiger partial charge in [0.15, 0.2) is 5.13 Å². The van der Waals surface area contributed by atoms with Gasteiger partial charge in [-0.25, -0.2) is 9.78 Å². The molecule has 0 bridgehead atoms. The number of nitrogens with zero attached hydrogens (tertiary/aromatic N) is 3. The zero-order valence-corrected chi connectivity index (χ0v) is 14.4. The van der Waals surface area contributed by atoms with Crippen LogP contribution in [0.15, 0.2) is 12.1 Å². The third kappa shape index (κ3) is 2.04. The van der Waals surface area contributed by atoms with Gasteiger partial charge in [0.25, 0.3) is 0 Å². The van der Waals surface area contributed by atoms with Crippen LogP contribution in [-0.2, 0) is 6.42 Å². The van der Waals surface area contributed by atoms with E-state index >= 15 is 0 Å². The molecule has 5 rings (SSSR count). The highest BCUT2D eigenvalue weighted by Crippen LogP contribution is 2.39. The molecular formula is C17H20N4O2S. The lowest BCUT2D eigenvalue weighted by molar-refractivity contribution is 0.204. The number of likely N-dealkylation sites (tertiary alicyclic amines) is 1. The average molecular weight is 344 g/mol. The molecule has 3 aliphatic rings. The number of piperidine rings is 1. The molecule has 2 aromatic rings. The summed E-state index contributed by atoms with van der Waals surface area (Å²) >= 11 is 1.61. The molecule has 4 heterocycles. The van der Waals surface area contributed by atoms with Crippen molar-refractivity contribution in [1.29, 1.82) is 0 Å². The van der Waals surface area contributed by atoms with E-state index in [0.717, 1.165) is 60.2 Å². The summed E-state index contributed by atoms with van der Waals surface area (Å²) < 4.78 is 6.77. The van der Waals surface area contributed by atoms with Crippen LogP contribution < -0.4 is 15.0 Å². The van der Waals surface area contributed by atoms with Crippen molar-refractivity contribution >= 4 is 32.7 Å². The summed E-state index contributed by atoms with van der Waals surface area (Å²) in [7, 11) is 0. The maximum absolute atomic E-state index is 12.6. The van der Waals surface area contributed by atoms with Crippen molar-refractivity contribution in [3.8, 4) is 5.75 Å². The summed E-state index contributed by atoms with van der Waals surface area (Å²) in [5, 5.41) is 3.96. The number of urea groups is 1. The fourth-order valence-electron chi connectivity index (χ4n) is 4.08. The molecule has 24 heavy (non-hydrogen) atoms. The molecule has 126 valence electrons. The molecule has 0 spiro atoms. The average Bonchev–Trinajstić information content (AvgIpc) is 3.28. The SMILES string of the molecule is CCN1CCC2NC(=O)N(c3nc4c5c(ccc4s3)OCC5)C2C1. The Morgan fingerprint density at radius 1 is 1.46 bits per heavy atom. The molecule has 2 unspecified atom stereocenters. The number of ether oxygens (including phenoxy) is 1. The van der Waals surface area contributed by atoms with Crippen LogP contribution in [0.5, 0.6) is 5.75 Å². The molecule has 1 aromatic carbocycles. The van der Waals surface area contributed by atoms with Crippen molar-refractivity contribution in [2.24, 2.45) is 0 Å². The Morgan fingerprint density at radius 3 is 3.25 bits per heavy atom. The minimum absolute atomic E-state index is 0.00472. The number of carbonyl (C=O) groups excluding carboxylic acids is 1. The number of anilines is 1. The molecule has 6 nitrogen and oxygen atoms in total. The molecule has 0 radical (unpaired) electrons. The second-order valence-corrected chi connectivity index (χ2v) is 7.67. The number of aromatic nitrogens is 1. The lowest BCUT2D eigenvalue weighted by Gasteiger charge is -2.35. The Morgan fingerprint density at radius 2 is 2.38 bits per heavy atom. The largest absolute Gasteiger partial charge is 0.493 e. The number of likely N-dealkylation sites (N-methyl/N-ethyl adjacent to an activating group) is 1. The van der Waals surface area contributed by atoms with E-state index in [1.807, 2.05) is 11.0 Å². The number of hydrogen-bond donors (Lipinski definition) is 1. The lowest BCUT2D eigenvalue weighted by atomic mass is 10.0. The van der Waals surface area contributed by atoms with Gasteiger partial charge in [0.05, 0.1) is 28.9 Å². The Labute approximate surface area is 144 Å². The quantitative estimate of drug-likeness (QED) is 0.908. The normalized spacial score (nSPS) is 26.4. The Bertz CT molecular complexity index is 820. The van der Waals surface area contributed by atoms with E-state index in [1.165, 1.54) is 5.56 Å². The fourth-order valence-corrected chi connectivity index (χ4v) is 5.13. The zero-order valence-electron chi connectivity index (χ0n) is 13.6. The first kappa shape index (κ1) is 14.5. The van der Waals surface area contributed by atoms with Crippen molar-refractivity contribution in [2.45, 2.75) is 31.8 Å². The van der Waals surface area contributed by atoms with Crippen LogP contribution >= 0.6 is 11.3 Å². The van der Waals surface area contributed by atoms with E-state index in [-0.39, 0.29) is 18.1 Å². The van der Waals surface area contributed by atoms with Crippen LogP contribution in [0.4, 0.5) is 9.93 Å². The number of nitrogens with one attached hydrogen (secondary N) is 1. The second-order valence-electron chi connectivity index (χ2n) is 6.66. The van der Waals surface area contributed by atoms with E-state index in [1.54, 1.807) is 11.3 Å². The maximum atomic E-state index is 12.6. The second kappa shape index (κ2) is 5.32. The number of rotatable bonds is 2. The van der Waals surface area contributed by atoms with Gasteiger partial charge in [0, 0.05) is 25.1 Å². The number of carbonyl (C=O) groups is 1. The fraction of sp³-hybridized carbons (Fsp3) is 0.529. The van der Waals surface area contributed by atoms with Crippen LogP contribution in [-0.4, -0.2) is 54.2 Å². The molecule has 7 heteroatoms. The first-order valence-corrected chi connectivity index (χ1v) is 9.43. The van der Waals surface area contributed by atoms with Gasteiger partial charge in [-0.1, -0.05) is 18.3 Å². The first-order valence-electron chi connectivity index (χ1n) is 8.62. The number of hydrogen-bond acceptors (Lipinski definition) is 5. The van der Waals surface area contributed by atoms with E-state index in [4.69, 9.17) is 9.72 Å². The molecule has 0 aliphatic carbocycles. The first-order chi connectivity index (χ1) is 11.7. The third-order valence-corrected chi connectivity index (χ3v) is 6.42. The lowest BCUT2D eigenvalue weighted by Crippen LogP contribution is -2.51. The van der Waals surface area contributed by atoms with Crippen molar-refractivity contribution < 1.29 is 9.53 Å². The maximum Gasteiger partial charge on any atom is 0.324 e. The number of thiazole rings is 1. The molecule has 1 aromatic heterocycles. The molecule has 0 saturated carbocycles. The van der Waals surface area contributed by atoms with Gasteiger partial charge in [-0.2, -0.15) is 0 Å². The molecule has 2 atom stereocenters. The van der Waals surface area contributed by atoms with Crippen LogP contribution in [0.2, 0.25) is 0 Å². The van der Waals surface area contributed by atoms with Crippen LogP contribution in [0, 0.1) is 0 Å². The standard InChI is InChI=1S/C17H20N4O2S/c1-2-20-7-5-11-12(9-20)21(16(22)18-11)17-19-15-10-6-8-23-13(10)3-4-14(15)24-17/h3-4,11-12H,2,5-9H2,1H3,(H,18,22). The summed E-state index contributed by atoms with van der Waals surface area (Å²) in [6.07, 6.45) is 1.91. The van der Waals surface area contributed by atoms with Gasteiger partial charge < -0.3 is 15.0 Å². The molecule has 3 aliphatic heterocycles. The predicted molar refractivity (Wildman–Crippen MR) is 94.1 cm³/mol. The summed E-state index contributed by atoms with van der Waals surface area (Å²) in [5.74, 6) is 0.943. The summed E-state index contributed by atoms with van der Waals surface area (Å²) in [6, 6.07) is 4.50. The minimum atomic E-state index is -0.00472. The molecule has 2 amide bonds. The van der Waals surface area contributed by atoms with Crippen molar-refractivity contribution in [3.05, 3.63) is 17.7 Å².